The van der Waals surface area contributed by atoms with E-state index in [2.05, 4.69) is 10.3 Å². The maximum atomic E-state index is 13.3. The van der Waals surface area contributed by atoms with Crippen molar-refractivity contribution in [3.63, 3.8) is 0 Å². The van der Waals surface area contributed by atoms with E-state index in [1.165, 1.54) is 0 Å². The summed E-state index contributed by atoms with van der Waals surface area (Å²) in [5, 5.41) is 2.95. The average molecular weight is 451 g/mol. The number of benzene rings is 1. The summed E-state index contributed by atoms with van der Waals surface area (Å²) in [6.07, 6.45) is 5.99. The van der Waals surface area contributed by atoms with E-state index in [-0.39, 0.29) is 42.7 Å². The van der Waals surface area contributed by atoms with Crippen LogP contribution in [0.2, 0.25) is 0 Å². The topological polar surface area (TPSA) is 88.3 Å². The van der Waals surface area contributed by atoms with Crippen molar-refractivity contribution in [3.8, 4) is 0 Å². The third kappa shape index (κ3) is 5.31. The smallest absolute Gasteiger partial charge is 0.251 e. The molecule has 4 atom stereocenters. The number of nitrogens with zero attached hydrogens (tertiary/aromatic N) is 2. The van der Waals surface area contributed by atoms with Crippen molar-refractivity contribution < 1.29 is 9.59 Å². The molecule has 2 fully saturated rings. The first kappa shape index (κ1) is 24.1. The van der Waals surface area contributed by atoms with Gasteiger partial charge in [-0.1, -0.05) is 24.3 Å². The van der Waals surface area contributed by atoms with Crippen molar-refractivity contribution in [1.29, 1.82) is 0 Å². The Hall–Kier alpha value is -2.15. The van der Waals surface area contributed by atoms with Crippen LogP contribution in [-0.4, -0.2) is 46.9 Å². The van der Waals surface area contributed by atoms with Gasteiger partial charge in [-0.25, -0.2) is 0 Å². The van der Waals surface area contributed by atoms with E-state index in [0.29, 0.717) is 30.4 Å². The molecule has 0 radical (unpaired) electrons. The summed E-state index contributed by atoms with van der Waals surface area (Å²) >= 11 is 0. The molecule has 4 unspecified atom stereocenters. The van der Waals surface area contributed by atoms with Crippen molar-refractivity contribution in [1.82, 2.24) is 15.2 Å². The largest absolute Gasteiger partial charge is 0.340 e. The van der Waals surface area contributed by atoms with Crippen LogP contribution in [0.25, 0.3) is 0 Å². The molecule has 6 nitrogen and oxygen atoms in total. The summed E-state index contributed by atoms with van der Waals surface area (Å²) in [7, 11) is 0. The lowest BCUT2D eigenvalue weighted by atomic mass is 9.98. The number of likely N-dealkylation sites (tertiary alicyclic amines) is 1. The van der Waals surface area contributed by atoms with E-state index in [1.807, 2.05) is 35.2 Å². The molecule has 0 spiro atoms. The first-order valence-corrected chi connectivity index (χ1v) is 9.91. The Morgan fingerprint density at radius 2 is 1.87 bits per heavy atom. The van der Waals surface area contributed by atoms with Crippen LogP contribution in [0.15, 0.2) is 54.9 Å². The molecule has 2 aromatic rings. The summed E-state index contributed by atoms with van der Waals surface area (Å²) < 4.78 is 0. The first-order valence-electron chi connectivity index (χ1n) is 9.91. The van der Waals surface area contributed by atoms with E-state index in [0.717, 1.165) is 24.9 Å². The van der Waals surface area contributed by atoms with Gasteiger partial charge in [0.1, 0.15) is 6.04 Å². The SMILES string of the molecule is Cl.Cl.NC1CCC2CN(C(=O)C(Cc3cccnc3)NC(=O)c3ccccc3)CC12. The van der Waals surface area contributed by atoms with Crippen molar-refractivity contribution in [2.24, 2.45) is 17.6 Å². The molecule has 8 heteroatoms. The number of hydrogen-bond donors (Lipinski definition) is 2. The molecule has 2 aliphatic rings. The fourth-order valence-electron chi connectivity index (χ4n) is 4.49. The first-order chi connectivity index (χ1) is 13.6. The Bertz CT molecular complexity index is 838. The molecule has 30 heavy (non-hydrogen) atoms. The minimum absolute atomic E-state index is 0. The summed E-state index contributed by atoms with van der Waals surface area (Å²) in [4.78, 5) is 32.0. The van der Waals surface area contributed by atoms with Crippen LogP contribution < -0.4 is 11.1 Å². The van der Waals surface area contributed by atoms with Gasteiger partial charge in [0, 0.05) is 43.5 Å². The molecule has 2 amide bonds. The van der Waals surface area contributed by atoms with E-state index in [9.17, 15) is 9.59 Å². The van der Waals surface area contributed by atoms with Crippen molar-refractivity contribution in [2.45, 2.75) is 31.3 Å². The molecular weight excluding hydrogens is 423 g/mol. The minimum Gasteiger partial charge on any atom is -0.340 e. The van der Waals surface area contributed by atoms with Crippen LogP contribution >= 0.6 is 24.8 Å². The van der Waals surface area contributed by atoms with Gasteiger partial charge in [0.25, 0.3) is 5.91 Å². The molecule has 1 saturated carbocycles. The zero-order valence-electron chi connectivity index (χ0n) is 16.6. The van der Waals surface area contributed by atoms with Gasteiger partial charge in [-0.15, -0.1) is 24.8 Å². The van der Waals surface area contributed by atoms with Crippen molar-refractivity contribution in [2.75, 3.05) is 13.1 Å². The number of pyridine rings is 1. The molecule has 1 saturated heterocycles. The predicted molar refractivity (Wildman–Crippen MR) is 121 cm³/mol. The highest BCUT2D eigenvalue weighted by atomic mass is 35.5. The standard InChI is InChI=1S/C22H26N4O2.2ClH/c23-19-9-8-17-13-26(14-18(17)19)22(28)20(11-15-5-4-10-24-12-15)25-21(27)16-6-2-1-3-7-16;;/h1-7,10,12,17-20H,8-9,11,13-14,23H2,(H,25,27);2*1H. The summed E-state index contributed by atoms with van der Waals surface area (Å²) in [5.74, 6) is 0.601. The molecule has 1 aliphatic heterocycles. The number of amides is 2. The highest BCUT2D eigenvalue weighted by molar-refractivity contribution is 5.97. The quantitative estimate of drug-likeness (QED) is 0.731. The number of carbonyl (C=O) groups is 2. The second-order valence-electron chi connectivity index (χ2n) is 7.87. The zero-order chi connectivity index (χ0) is 19.5. The normalized spacial score (nSPS) is 23.0. The summed E-state index contributed by atoms with van der Waals surface area (Å²) in [6.45, 7) is 1.43. The number of rotatable bonds is 5. The second kappa shape index (κ2) is 10.8. The van der Waals surface area contributed by atoms with Gasteiger partial charge in [-0.2, -0.15) is 0 Å². The lowest BCUT2D eigenvalue weighted by molar-refractivity contribution is -0.132. The Kier molecular flexibility index (Phi) is 8.65. The molecule has 162 valence electrons. The third-order valence-electron chi connectivity index (χ3n) is 6.03. The Morgan fingerprint density at radius 3 is 2.53 bits per heavy atom. The molecule has 3 N–H and O–H groups in total. The Labute approximate surface area is 189 Å². The number of carbonyl (C=O) groups excluding carboxylic acids is 2. The highest BCUT2D eigenvalue weighted by Gasteiger charge is 2.43. The lowest BCUT2D eigenvalue weighted by Gasteiger charge is -2.25. The fraction of sp³-hybridized carbons (Fsp3) is 0.409. The molecular formula is C22H28Cl2N4O2. The maximum Gasteiger partial charge on any atom is 0.251 e. The zero-order valence-corrected chi connectivity index (χ0v) is 18.3. The van der Waals surface area contributed by atoms with Gasteiger partial charge in [0.2, 0.25) is 5.91 Å². The number of nitrogens with one attached hydrogen (secondary N) is 1. The Morgan fingerprint density at radius 1 is 1.10 bits per heavy atom. The van der Waals surface area contributed by atoms with Gasteiger partial charge in [0.05, 0.1) is 0 Å². The fourth-order valence-corrected chi connectivity index (χ4v) is 4.49. The van der Waals surface area contributed by atoms with Crippen molar-refractivity contribution in [3.05, 3.63) is 66.0 Å². The van der Waals surface area contributed by atoms with Crippen LogP contribution in [0.4, 0.5) is 0 Å². The molecule has 1 aromatic carbocycles. The summed E-state index contributed by atoms with van der Waals surface area (Å²) in [6, 6.07) is 12.3. The van der Waals surface area contributed by atoms with Gasteiger partial charge >= 0.3 is 0 Å². The average Bonchev–Trinajstić information content (AvgIpc) is 3.30. The van der Waals surface area contributed by atoms with Gasteiger partial charge in [-0.3, -0.25) is 14.6 Å². The number of halogens is 2. The predicted octanol–water partition coefficient (Wildman–Crippen LogP) is 2.46. The maximum absolute atomic E-state index is 13.3. The van der Waals surface area contributed by atoms with E-state index in [1.54, 1.807) is 24.5 Å². The van der Waals surface area contributed by atoms with Crippen LogP contribution in [0.3, 0.4) is 0 Å². The minimum atomic E-state index is -0.619. The molecule has 1 aromatic heterocycles. The molecule has 0 bridgehead atoms. The second-order valence-corrected chi connectivity index (χ2v) is 7.87. The summed E-state index contributed by atoms with van der Waals surface area (Å²) in [5.41, 5.74) is 7.69. The van der Waals surface area contributed by atoms with Crippen LogP contribution in [0.5, 0.6) is 0 Å². The molecule has 4 rings (SSSR count). The van der Waals surface area contributed by atoms with E-state index in [4.69, 9.17) is 5.73 Å². The lowest BCUT2D eigenvalue weighted by Crippen LogP contribution is -2.49. The van der Waals surface area contributed by atoms with Crippen LogP contribution in [0, 0.1) is 11.8 Å². The number of hydrogen-bond acceptors (Lipinski definition) is 4. The van der Waals surface area contributed by atoms with Gasteiger partial charge < -0.3 is 16.0 Å². The van der Waals surface area contributed by atoms with E-state index >= 15 is 0 Å². The number of fused-ring (bicyclic) bond motifs is 1. The Balaban J connectivity index is 0.00000160. The highest BCUT2D eigenvalue weighted by Crippen LogP contribution is 2.37. The van der Waals surface area contributed by atoms with Gasteiger partial charge in [-0.05, 0) is 48.4 Å². The monoisotopic (exact) mass is 450 g/mol. The van der Waals surface area contributed by atoms with E-state index < -0.39 is 6.04 Å². The number of nitrogens with two attached hydrogens (primary N) is 1. The number of aromatic nitrogens is 1. The third-order valence-corrected chi connectivity index (χ3v) is 6.03. The van der Waals surface area contributed by atoms with Crippen LogP contribution in [0.1, 0.15) is 28.8 Å². The molecule has 1 aliphatic carbocycles. The molecule has 2 heterocycles. The van der Waals surface area contributed by atoms with Crippen molar-refractivity contribution >= 4 is 36.6 Å². The van der Waals surface area contributed by atoms with Gasteiger partial charge in [0.15, 0.2) is 0 Å². The van der Waals surface area contributed by atoms with Crippen LogP contribution in [-0.2, 0) is 11.2 Å².